The van der Waals surface area contributed by atoms with Crippen molar-refractivity contribution in [3.8, 4) is 0 Å². The van der Waals surface area contributed by atoms with Gasteiger partial charge in [-0.1, -0.05) is 24.8 Å². The molecule has 6 nitrogen and oxygen atoms in total. The number of ether oxygens (including phenoxy) is 1. The molecule has 0 N–H and O–H groups in total. The van der Waals surface area contributed by atoms with Crippen molar-refractivity contribution in [3.63, 3.8) is 0 Å². The van der Waals surface area contributed by atoms with Gasteiger partial charge in [0, 0.05) is 33.8 Å². The summed E-state index contributed by atoms with van der Waals surface area (Å²) in [5.41, 5.74) is 1.86. The van der Waals surface area contributed by atoms with Gasteiger partial charge in [0.25, 0.3) is 5.91 Å². The Balaban J connectivity index is 1.62. The fourth-order valence-corrected chi connectivity index (χ4v) is 3.41. The molecule has 158 valence electrons. The third-order valence-corrected chi connectivity index (χ3v) is 4.90. The van der Waals surface area contributed by atoms with Gasteiger partial charge in [-0.05, 0) is 26.0 Å². The SMILES string of the molecule is C=C1c2ccccc2C(=O)N1CC(=O)OCC(=O)c1cc(C)n(CC(F)(F)F)c1C. The van der Waals surface area contributed by atoms with E-state index in [1.54, 1.807) is 24.3 Å². The standard InChI is InChI=1S/C21H19F3N2O4/c1-12-8-17(14(3)26(12)11-21(22,23)24)18(27)10-30-19(28)9-25-13(2)15-6-4-5-7-16(15)20(25)29/h4-8H,2,9-11H2,1,3H3. The van der Waals surface area contributed by atoms with E-state index in [1.165, 1.54) is 19.9 Å². The first kappa shape index (κ1) is 21.4. The molecule has 0 unspecified atom stereocenters. The molecule has 1 aliphatic rings. The average Bonchev–Trinajstić information content (AvgIpc) is 3.08. The van der Waals surface area contributed by atoms with Gasteiger partial charge in [-0.3, -0.25) is 19.3 Å². The number of aryl methyl sites for hydroxylation is 1. The van der Waals surface area contributed by atoms with Crippen molar-refractivity contribution in [2.75, 3.05) is 13.2 Å². The zero-order valence-corrected chi connectivity index (χ0v) is 16.4. The summed E-state index contributed by atoms with van der Waals surface area (Å²) in [6.45, 7) is 4.40. The summed E-state index contributed by atoms with van der Waals surface area (Å²) < 4.78 is 44.1. The van der Waals surface area contributed by atoms with Crippen LogP contribution in [0, 0.1) is 13.8 Å². The van der Waals surface area contributed by atoms with E-state index in [4.69, 9.17) is 4.74 Å². The lowest BCUT2D eigenvalue weighted by Crippen LogP contribution is -2.31. The molecule has 0 fully saturated rings. The molecule has 1 aromatic heterocycles. The Bertz CT molecular complexity index is 1020. The Morgan fingerprint density at radius 2 is 1.77 bits per heavy atom. The van der Waals surface area contributed by atoms with E-state index in [1.807, 2.05) is 0 Å². The summed E-state index contributed by atoms with van der Waals surface area (Å²) in [6, 6.07) is 8.10. The third kappa shape index (κ3) is 4.14. The Morgan fingerprint density at radius 3 is 2.37 bits per heavy atom. The lowest BCUT2D eigenvalue weighted by Gasteiger charge is -2.16. The normalized spacial score (nSPS) is 13.6. The molecule has 1 aromatic carbocycles. The first-order valence-corrected chi connectivity index (χ1v) is 9.02. The Hall–Kier alpha value is -3.36. The van der Waals surface area contributed by atoms with Crippen LogP contribution in [0.4, 0.5) is 13.2 Å². The van der Waals surface area contributed by atoms with Gasteiger partial charge in [0.1, 0.15) is 13.1 Å². The summed E-state index contributed by atoms with van der Waals surface area (Å²) >= 11 is 0. The number of ketones is 1. The third-order valence-electron chi connectivity index (χ3n) is 4.90. The van der Waals surface area contributed by atoms with E-state index in [0.29, 0.717) is 16.8 Å². The molecule has 0 saturated carbocycles. The summed E-state index contributed by atoms with van der Waals surface area (Å²) in [7, 11) is 0. The number of halogens is 3. The minimum atomic E-state index is -4.43. The second-order valence-electron chi connectivity index (χ2n) is 6.95. The summed E-state index contributed by atoms with van der Waals surface area (Å²) in [4.78, 5) is 38.1. The number of esters is 1. The van der Waals surface area contributed by atoms with Crippen LogP contribution in [0.25, 0.3) is 5.70 Å². The second kappa shape index (κ2) is 7.81. The number of nitrogens with zero attached hydrogens (tertiary/aromatic N) is 2. The fourth-order valence-electron chi connectivity index (χ4n) is 3.41. The van der Waals surface area contributed by atoms with Gasteiger partial charge < -0.3 is 9.30 Å². The summed E-state index contributed by atoms with van der Waals surface area (Å²) in [5, 5.41) is 0. The Kier molecular flexibility index (Phi) is 5.56. The van der Waals surface area contributed by atoms with Gasteiger partial charge in [0.05, 0.1) is 0 Å². The van der Waals surface area contributed by atoms with Crippen molar-refractivity contribution in [1.82, 2.24) is 9.47 Å². The molecule has 0 atom stereocenters. The number of hydrogen-bond donors (Lipinski definition) is 0. The second-order valence-corrected chi connectivity index (χ2v) is 6.95. The number of carbonyl (C=O) groups excluding carboxylic acids is 3. The number of amides is 1. The molecular formula is C21H19F3N2O4. The molecule has 2 aromatic rings. The van der Waals surface area contributed by atoms with E-state index in [9.17, 15) is 27.6 Å². The zero-order chi connectivity index (χ0) is 22.2. The predicted molar refractivity (Wildman–Crippen MR) is 102 cm³/mol. The van der Waals surface area contributed by atoms with Crippen molar-refractivity contribution in [1.29, 1.82) is 0 Å². The van der Waals surface area contributed by atoms with Crippen LogP contribution in [-0.2, 0) is 16.1 Å². The first-order chi connectivity index (χ1) is 14.0. The molecular weight excluding hydrogens is 401 g/mol. The van der Waals surface area contributed by atoms with Crippen molar-refractivity contribution in [2.45, 2.75) is 26.6 Å². The highest BCUT2D eigenvalue weighted by Gasteiger charge is 2.33. The molecule has 0 aliphatic carbocycles. The Labute approximate surface area is 170 Å². The van der Waals surface area contributed by atoms with Crippen LogP contribution in [0.2, 0.25) is 0 Å². The number of benzene rings is 1. The van der Waals surface area contributed by atoms with Crippen LogP contribution in [0.3, 0.4) is 0 Å². The number of carbonyl (C=O) groups is 3. The van der Waals surface area contributed by atoms with Gasteiger partial charge in [-0.15, -0.1) is 0 Å². The topological polar surface area (TPSA) is 68.6 Å². The fraction of sp³-hybridized carbons (Fsp3) is 0.286. The highest BCUT2D eigenvalue weighted by Crippen LogP contribution is 2.30. The molecule has 3 rings (SSSR count). The van der Waals surface area contributed by atoms with E-state index in [-0.39, 0.29) is 17.0 Å². The smallest absolute Gasteiger partial charge is 0.406 e. The van der Waals surface area contributed by atoms with Crippen molar-refractivity contribution < 1.29 is 32.3 Å². The highest BCUT2D eigenvalue weighted by molar-refractivity contribution is 6.10. The van der Waals surface area contributed by atoms with E-state index in [2.05, 4.69) is 6.58 Å². The van der Waals surface area contributed by atoms with Crippen LogP contribution in [0.15, 0.2) is 36.9 Å². The lowest BCUT2D eigenvalue weighted by atomic mass is 10.1. The highest BCUT2D eigenvalue weighted by atomic mass is 19.4. The van der Waals surface area contributed by atoms with Gasteiger partial charge in [0.2, 0.25) is 5.78 Å². The largest absolute Gasteiger partial charge is 0.456 e. The molecule has 0 saturated heterocycles. The zero-order valence-electron chi connectivity index (χ0n) is 16.4. The monoisotopic (exact) mass is 420 g/mol. The van der Waals surface area contributed by atoms with Crippen LogP contribution in [0.1, 0.15) is 37.7 Å². The maximum atomic E-state index is 12.7. The molecule has 0 bridgehead atoms. The average molecular weight is 420 g/mol. The lowest BCUT2D eigenvalue weighted by molar-refractivity contribution is -0.142. The minimum Gasteiger partial charge on any atom is -0.456 e. The molecule has 0 spiro atoms. The van der Waals surface area contributed by atoms with Crippen LogP contribution in [0.5, 0.6) is 0 Å². The van der Waals surface area contributed by atoms with E-state index in [0.717, 1.165) is 9.47 Å². The van der Waals surface area contributed by atoms with Crippen molar-refractivity contribution >= 4 is 23.4 Å². The van der Waals surface area contributed by atoms with Crippen LogP contribution >= 0.6 is 0 Å². The van der Waals surface area contributed by atoms with Gasteiger partial charge in [-0.2, -0.15) is 13.2 Å². The summed E-state index contributed by atoms with van der Waals surface area (Å²) in [6.07, 6.45) is -4.43. The molecule has 0 radical (unpaired) electrons. The first-order valence-electron chi connectivity index (χ1n) is 9.02. The van der Waals surface area contributed by atoms with Gasteiger partial charge >= 0.3 is 12.1 Å². The quantitative estimate of drug-likeness (QED) is 0.530. The molecule has 9 heteroatoms. The minimum absolute atomic E-state index is 0.0543. The van der Waals surface area contributed by atoms with E-state index >= 15 is 0 Å². The van der Waals surface area contributed by atoms with Gasteiger partial charge in [0.15, 0.2) is 6.61 Å². The van der Waals surface area contributed by atoms with Crippen LogP contribution < -0.4 is 0 Å². The number of alkyl halides is 3. The van der Waals surface area contributed by atoms with Crippen LogP contribution in [-0.4, -0.2) is 46.5 Å². The molecule has 1 amide bonds. The maximum Gasteiger partial charge on any atom is 0.406 e. The number of hydrogen-bond acceptors (Lipinski definition) is 4. The maximum absolute atomic E-state index is 12.7. The number of rotatable bonds is 6. The molecule has 1 aliphatic heterocycles. The molecule has 30 heavy (non-hydrogen) atoms. The molecule has 2 heterocycles. The van der Waals surface area contributed by atoms with Crippen molar-refractivity contribution in [2.24, 2.45) is 0 Å². The van der Waals surface area contributed by atoms with Crippen molar-refractivity contribution in [3.05, 3.63) is 65.0 Å². The van der Waals surface area contributed by atoms with Gasteiger partial charge in [-0.25, -0.2) is 0 Å². The number of fused-ring (bicyclic) bond motifs is 1. The predicted octanol–water partition coefficient (Wildman–Crippen LogP) is 3.52. The number of Topliss-reactive ketones (excluding diaryl/α,β-unsaturated/α-hetero) is 1. The van der Waals surface area contributed by atoms with E-state index < -0.39 is 43.5 Å². The summed E-state index contributed by atoms with van der Waals surface area (Å²) in [5.74, 6) is -1.84. The Morgan fingerprint density at radius 1 is 1.13 bits per heavy atom. The number of aromatic nitrogens is 1.